The average molecular weight is 413 g/mol. The molecule has 1 saturated heterocycles. The predicted octanol–water partition coefficient (Wildman–Crippen LogP) is 2.03. The van der Waals surface area contributed by atoms with Crippen LogP contribution in [0.25, 0.3) is 0 Å². The molecule has 2 aromatic rings. The third-order valence-electron chi connectivity index (χ3n) is 4.66. The van der Waals surface area contributed by atoms with Gasteiger partial charge in [0.1, 0.15) is 24.1 Å². The molecular formula is C20H19N3O5S. The summed E-state index contributed by atoms with van der Waals surface area (Å²) in [5.74, 6) is 1.05. The minimum atomic E-state index is -0.485. The van der Waals surface area contributed by atoms with Gasteiger partial charge in [0.2, 0.25) is 5.12 Å². The molecule has 3 N–H and O–H groups in total. The largest absolute Gasteiger partial charge is 0.492 e. The first-order valence-electron chi connectivity index (χ1n) is 9.05. The Hall–Kier alpha value is -3.20. The Morgan fingerprint density at radius 3 is 2.69 bits per heavy atom. The molecule has 0 bridgehead atoms. The highest BCUT2D eigenvalue weighted by Gasteiger charge is 2.31. The number of nitrogen functional groups attached to an aromatic ring is 1. The van der Waals surface area contributed by atoms with E-state index in [9.17, 15) is 14.4 Å². The highest BCUT2D eigenvalue weighted by atomic mass is 32.2. The third-order valence-corrected chi connectivity index (χ3v) is 5.45. The van der Waals surface area contributed by atoms with Gasteiger partial charge < -0.3 is 25.4 Å². The van der Waals surface area contributed by atoms with Crippen molar-refractivity contribution in [2.75, 3.05) is 25.6 Å². The van der Waals surface area contributed by atoms with Crippen LogP contribution in [0.5, 0.6) is 11.5 Å². The number of benzene rings is 2. The molecule has 1 atom stereocenters. The summed E-state index contributed by atoms with van der Waals surface area (Å²) in [7, 11) is 0. The Bertz CT molecular complexity index is 963. The molecule has 0 radical (unpaired) electrons. The number of carbonyl (C=O) groups excluding carboxylic acids is 3. The Morgan fingerprint density at radius 2 is 1.97 bits per heavy atom. The fourth-order valence-electron chi connectivity index (χ4n) is 3.14. The number of nitrogens with one attached hydrogen (secondary N) is 1. The van der Waals surface area contributed by atoms with Crippen LogP contribution < -0.4 is 20.5 Å². The maximum atomic E-state index is 12.5. The van der Waals surface area contributed by atoms with Crippen molar-refractivity contribution in [3.63, 3.8) is 0 Å². The molecule has 2 amide bonds. The molecule has 9 heteroatoms. The molecule has 2 aliphatic rings. The number of fused-ring (bicyclic) bond motifs is 1. The number of nitrogens with zero attached hydrogens (tertiary/aromatic N) is 1. The van der Waals surface area contributed by atoms with E-state index < -0.39 is 6.04 Å². The zero-order valence-corrected chi connectivity index (χ0v) is 16.2. The third kappa shape index (κ3) is 4.29. The van der Waals surface area contributed by atoms with Crippen molar-refractivity contribution < 1.29 is 23.9 Å². The van der Waals surface area contributed by atoms with E-state index in [0.29, 0.717) is 54.1 Å². The van der Waals surface area contributed by atoms with Crippen LogP contribution in [-0.2, 0) is 11.2 Å². The normalized spacial score (nSPS) is 18.3. The van der Waals surface area contributed by atoms with E-state index in [0.717, 1.165) is 5.56 Å². The van der Waals surface area contributed by atoms with Gasteiger partial charge in [-0.25, -0.2) is 0 Å². The molecule has 29 heavy (non-hydrogen) atoms. The Kier molecular flexibility index (Phi) is 5.30. The van der Waals surface area contributed by atoms with E-state index >= 15 is 0 Å². The van der Waals surface area contributed by atoms with Crippen LogP contribution in [0.1, 0.15) is 15.9 Å². The second-order valence-electron chi connectivity index (χ2n) is 6.70. The van der Waals surface area contributed by atoms with Crippen molar-refractivity contribution in [2.24, 2.45) is 0 Å². The SMILES string of the molecule is Nc1ccc2c(c1)C(=O)N(CCOc1ccc(CC3NC(=O)SC3=O)cc1)CO2. The van der Waals surface area contributed by atoms with Crippen LogP contribution in [-0.4, -0.2) is 47.1 Å². The summed E-state index contributed by atoms with van der Waals surface area (Å²) >= 11 is 0.709. The Labute approximate surface area is 171 Å². The van der Waals surface area contributed by atoms with Gasteiger partial charge in [0, 0.05) is 23.9 Å². The van der Waals surface area contributed by atoms with Crippen LogP contribution in [0.4, 0.5) is 10.5 Å². The number of hydrogen-bond donors (Lipinski definition) is 2. The summed E-state index contributed by atoms with van der Waals surface area (Å²) in [5.41, 5.74) is 7.64. The summed E-state index contributed by atoms with van der Waals surface area (Å²) in [6.07, 6.45) is 0.444. The second kappa shape index (κ2) is 8.04. The van der Waals surface area contributed by atoms with Crippen molar-refractivity contribution in [2.45, 2.75) is 12.5 Å². The fourth-order valence-corrected chi connectivity index (χ4v) is 3.81. The lowest BCUT2D eigenvalue weighted by atomic mass is 10.1. The highest BCUT2D eigenvalue weighted by Crippen LogP contribution is 2.27. The summed E-state index contributed by atoms with van der Waals surface area (Å²) in [4.78, 5) is 37.0. The van der Waals surface area contributed by atoms with Crippen LogP contribution in [0, 0.1) is 0 Å². The molecule has 2 aliphatic heterocycles. The second-order valence-corrected chi connectivity index (χ2v) is 7.68. The lowest BCUT2D eigenvalue weighted by Gasteiger charge is -2.28. The fraction of sp³-hybridized carbons (Fsp3) is 0.250. The van der Waals surface area contributed by atoms with Gasteiger partial charge in [-0.2, -0.15) is 0 Å². The molecular weight excluding hydrogens is 394 g/mol. The van der Waals surface area contributed by atoms with Crippen LogP contribution >= 0.6 is 11.8 Å². The van der Waals surface area contributed by atoms with Crippen molar-refractivity contribution in [3.8, 4) is 11.5 Å². The van der Waals surface area contributed by atoms with E-state index in [1.54, 1.807) is 35.2 Å². The van der Waals surface area contributed by atoms with Crippen LogP contribution in [0.15, 0.2) is 42.5 Å². The molecule has 1 fully saturated rings. The molecule has 0 aromatic heterocycles. The predicted molar refractivity (Wildman–Crippen MR) is 108 cm³/mol. The maximum absolute atomic E-state index is 12.5. The zero-order chi connectivity index (χ0) is 20.4. The quantitative estimate of drug-likeness (QED) is 0.697. The number of amides is 2. The molecule has 0 aliphatic carbocycles. The van der Waals surface area contributed by atoms with E-state index in [-0.39, 0.29) is 23.0 Å². The molecule has 1 unspecified atom stereocenters. The van der Waals surface area contributed by atoms with Crippen LogP contribution in [0.3, 0.4) is 0 Å². The molecule has 150 valence electrons. The van der Waals surface area contributed by atoms with Crippen LogP contribution in [0.2, 0.25) is 0 Å². The summed E-state index contributed by atoms with van der Waals surface area (Å²) < 4.78 is 11.3. The van der Waals surface area contributed by atoms with E-state index in [1.807, 2.05) is 12.1 Å². The summed E-state index contributed by atoms with van der Waals surface area (Å²) in [5, 5.41) is 2.17. The molecule has 0 saturated carbocycles. The van der Waals surface area contributed by atoms with Gasteiger partial charge in [0.15, 0.2) is 6.73 Å². The van der Waals surface area contributed by atoms with Crippen molar-refractivity contribution >= 4 is 33.7 Å². The standard InChI is InChI=1S/C20H19N3O5S/c21-13-3-6-17-15(10-13)18(24)23(11-28-17)7-8-27-14-4-1-12(2-5-14)9-16-19(25)29-20(26)22-16/h1-6,10,16H,7-9,11,21H2,(H,22,26). The number of thioether (sulfide) groups is 1. The van der Waals surface area contributed by atoms with Crippen molar-refractivity contribution in [1.29, 1.82) is 0 Å². The van der Waals surface area contributed by atoms with Gasteiger partial charge in [-0.15, -0.1) is 0 Å². The summed E-state index contributed by atoms with van der Waals surface area (Å²) in [6.45, 7) is 0.839. The summed E-state index contributed by atoms with van der Waals surface area (Å²) in [6, 6.07) is 11.8. The van der Waals surface area contributed by atoms with E-state index in [4.69, 9.17) is 15.2 Å². The number of anilines is 1. The van der Waals surface area contributed by atoms with Gasteiger partial charge in [0.05, 0.1) is 12.1 Å². The van der Waals surface area contributed by atoms with Crippen molar-refractivity contribution in [3.05, 3.63) is 53.6 Å². The minimum Gasteiger partial charge on any atom is -0.492 e. The smallest absolute Gasteiger partial charge is 0.287 e. The minimum absolute atomic E-state index is 0.140. The first kappa shape index (κ1) is 19.1. The first-order valence-corrected chi connectivity index (χ1v) is 9.87. The number of ether oxygens (including phenoxy) is 2. The number of nitrogens with two attached hydrogens (primary N) is 1. The average Bonchev–Trinajstić information content (AvgIpc) is 3.02. The van der Waals surface area contributed by atoms with Gasteiger partial charge >= 0.3 is 0 Å². The first-order chi connectivity index (χ1) is 14.0. The maximum Gasteiger partial charge on any atom is 0.287 e. The number of hydrogen-bond acceptors (Lipinski definition) is 7. The van der Waals surface area contributed by atoms with Gasteiger partial charge in [-0.05, 0) is 35.9 Å². The highest BCUT2D eigenvalue weighted by molar-refractivity contribution is 8.26. The monoisotopic (exact) mass is 413 g/mol. The van der Waals surface area contributed by atoms with Gasteiger partial charge in [-0.1, -0.05) is 12.1 Å². The lowest BCUT2D eigenvalue weighted by Crippen LogP contribution is -2.41. The lowest BCUT2D eigenvalue weighted by molar-refractivity contribution is -0.112. The molecule has 2 heterocycles. The molecule has 2 aromatic carbocycles. The Balaban J connectivity index is 1.28. The molecule has 4 rings (SSSR count). The van der Waals surface area contributed by atoms with E-state index in [1.165, 1.54) is 0 Å². The number of carbonyl (C=O) groups is 3. The van der Waals surface area contributed by atoms with Gasteiger partial charge in [-0.3, -0.25) is 14.4 Å². The molecule has 8 nitrogen and oxygen atoms in total. The topological polar surface area (TPSA) is 111 Å². The Morgan fingerprint density at radius 1 is 1.17 bits per heavy atom. The van der Waals surface area contributed by atoms with E-state index in [2.05, 4.69) is 5.32 Å². The van der Waals surface area contributed by atoms with Crippen molar-refractivity contribution in [1.82, 2.24) is 10.2 Å². The molecule has 0 spiro atoms. The van der Waals surface area contributed by atoms with Gasteiger partial charge in [0.25, 0.3) is 11.1 Å². The number of rotatable bonds is 6. The zero-order valence-electron chi connectivity index (χ0n) is 15.4.